The number of aromatic nitrogens is 1. The standard InChI is InChI=1S/C26H28N2O6/c29-13-19-18-12-27-20(8-7-17(25(27)30)16-4-2-1-3-5-16)23(18)28(24(19)26(31)32)11-15-6-9-21-22(10-15)34-14-33-21/h4,6-10,18-19,23-24,29H,1-3,5,11-14H2,(H,31,32)/t18-,19-,23+,24-/m0/s1. The first-order chi connectivity index (χ1) is 16.6. The van der Waals surface area contributed by atoms with E-state index in [9.17, 15) is 19.8 Å². The van der Waals surface area contributed by atoms with Gasteiger partial charge in [0.15, 0.2) is 11.5 Å². The van der Waals surface area contributed by atoms with Crippen molar-refractivity contribution in [3.63, 3.8) is 0 Å². The Balaban J connectivity index is 1.40. The molecule has 3 aliphatic heterocycles. The number of fused-ring (bicyclic) bond motifs is 4. The molecule has 6 rings (SSSR count). The highest BCUT2D eigenvalue weighted by Gasteiger charge is 2.55. The van der Waals surface area contributed by atoms with Crippen LogP contribution in [0, 0.1) is 11.8 Å². The first-order valence-corrected chi connectivity index (χ1v) is 12.0. The number of hydrogen-bond donors (Lipinski definition) is 2. The molecular weight excluding hydrogens is 436 g/mol. The number of carboxylic acids is 1. The Morgan fingerprint density at radius 2 is 1.97 bits per heavy atom. The number of allylic oxidation sites excluding steroid dienone is 2. The topological polar surface area (TPSA) is 101 Å². The summed E-state index contributed by atoms with van der Waals surface area (Å²) in [4.78, 5) is 27.8. The van der Waals surface area contributed by atoms with Crippen molar-refractivity contribution in [3.8, 4) is 11.5 Å². The summed E-state index contributed by atoms with van der Waals surface area (Å²) in [6, 6.07) is 8.43. The van der Waals surface area contributed by atoms with E-state index < -0.39 is 17.9 Å². The number of aliphatic hydroxyl groups excluding tert-OH is 1. The summed E-state index contributed by atoms with van der Waals surface area (Å²) in [6.07, 6.45) is 6.33. The van der Waals surface area contributed by atoms with E-state index in [-0.39, 0.29) is 30.9 Å². The van der Waals surface area contributed by atoms with E-state index in [1.54, 1.807) is 0 Å². The molecule has 0 radical (unpaired) electrons. The fourth-order valence-electron chi connectivity index (χ4n) is 6.34. The molecule has 0 unspecified atom stereocenters. The van der Waals surface area contributed by atoms with Crippen molar-refractivity contribution in [1.29, 1.82) is 0 Å². The maximum absolute atomic E-state index is 13.5. The van der Waals surface area contributed by atoms with Crippen LogP contribution >= 0.6 is 0 Å². The molecule has 0 spiro atoms. The molecule has 4 heterocycles. The normalized spacial score (nSPS) is 27.4. The van der Waals surface area contributed by atoms with Gasteiger partial charge in [-0.25, -0.2) is 0 Å². The molecule has 0 bridgehead atoms. The molecular formula is C26H28N2O6. The summed E-state index contributed by atoms with van der Waals surface area (Å²) in [5.41, 5.74) is 3.59. The second-order valence-electron chi connectivity index (χ2n) is 9.66. The number of pyridine rings is 1. The van der Waals surface area contributed by atoms with Crippen molar-refractivity contribution in [3.05, 3.63) is 63.6 Å². The molecule has 8 heteroatoms. The van der Waals surface area contributed by atoms with Crippen LogP contribution in [0.1, 0.15) is 48.5 Å². The van der Waals surface area contributed by atoms with Gasteiger partial charge in [0.1, 0.15) is 6.04 Å². The number of aliphatic carboxylic acids is 1. The molecule has 1 aromatic carbocycles. The lowest BCUT2D eigenvalue weighted by atomic mass is 9.88. The van der Waals surface area contributed by atoms with Gasteiger partial charge >= 0.3 is 5.97 Å². The Morgan fingerprint density at radius 1 is 1.12 bits per heavy atom. The zero-order valence-electron chi connectivity index (χ0n) is 18.9. The number of rotatable bonds is 5. The zero-order valence-corrected chi connectivity index (χ0v) is 18.9. The zero-order chi connectivity index (χ0) is 23.4. The maximum Gasteiger partial charge on any atom is 0.321 e. The van der Waals surface area contributed by atoms with E-state index in [1.807, 2.05) is 39.8 Å². The lowest BCUT2D eigenvalue weighted by Gasteiger charge is -2.29. The molecule has 8 nitrogen and oxygen atoms in total. The van der Waals surface area contributed by atoms with Crippen molar-refractivity contribution >= 4 is 11.5 Å². The molecule has 4 aliphatic rings. The van der Waals surface area contributed by atoms with E-state index in [1.165, 1.54) is 0 Å². The van der Waals surface area contributed by atoms with E-state index in [2.05, 4.69) is 6.08 Å². The van der Waals surface area contributed by atoms with Crippen LogP contribution in [0.3, 0.4) is 0 Å². The minimum Gasteiger partial charge on any atom is -0.480 e. The number of benzene rings is 1. The number of aliphatic hydroxyl groups is 1. The van der Waals surface area contributed by atoms with Crippen LogP contribution in [0.2, 0.25) is 0 Å². The number of hydrogen-bond acceptors (Lipinski definition) is 6. The molecule has 0 amide bonds. The maximum atomic E-state index is 13.5. The Labute approximate surface area is 197 Å². The van der Waals surface area contributed by atoms with Gasteiger partial charge in [0.05, 0.1) is 6.04 Å². The third-order valence-corrected chi connectivity index (χ3v) is 7.88. The van der Waals surface area contributed by atoms with Gasteiger partial charge in [0.25, 0.3) is 5.56 Å². The lowest BCUT2D eigenvalue weighted by molar-refractivity contribution is -0.145. The molecule has 2 aromatic rings. The summed E-state index contributed by atoms with van der Waals surface area (Å²) in [7, 11) is 0. The van der Waals surface area contributed by atoms with Gasteiger partial charge in [-0.2, -0.15) is 0 Å². The third kappa shape index (κ3) is 3.27. The molecule has 34 heavy (non-hydrogen) atoms. The Kier molecular flexibility index (Phi) is 5.22. The molecule has 2 N–H and O–H groups in total. The van der Waals surface area contributed by atoms with Crippen LogP contribution in [0.4, 0.5) is 0 Å². The van der Waals surface area contributed by atoms with Gasteiger partial charge in [-0.15, -0.1) is 0 Å². The van der Waals surface area contributed by atoms with Crippen molar-refractivity contribution in [2.45, 2.75) is 50.9 Å². The minimum absolute atomic E-state index is 0.00774. The summed E-state index contributed by atoms with van der Waals surface area (Å²) in [6.45, 7) is 0.724. The predicted molar refractivity (Wildman–Crippen MR) is 123 cm³/mol. The lowest BCUT2D eigenvalue weighted by Crippen LogP contribution is -2.42. The van der Waals surface area contributed by atoms with Crippen molar-refractivity contribution in [2.75, 3.05) is 13.4 Å². The van der Waals surface area contributed by atoms with Gasteiger partial charge in [-0.3, -0.25) is 14.5 Å². The van der Waals surface area contributed by atoms with E-state index in [0.29, 0.717) is 24.6 Å². The second-order valence-corrected chi connectivity index (χ2v) is 9.66. The van der Waals surface area contributed by atoms with Crippen LogP contribution in [0.15, 0.2) is 41.2 Å². The molecule has 1 saturated heterocycles. The van der Waals surface area contributed by atoms with E-state index >= 15 is 0 Å². The van der Waals surface area contributed by atoms with Crippen LogP contribution in [-0.2, 0) is 17.9 Å². The van der Waals surface area contributed by atoms with Gasteiger partial charge < -0.3 is 24.3 Å². The van der Waals surface area contributed by atoms with Crippen LogP contribution < -0.4 is 15.0 Å². The highest BCUT2D eigenvalue weighted by molar-refractivity contribution is 5.75. The molecule has 4 atom stereocenters. The van der Waals surface area contributed by atoms with Crippen molar-refractivity contribution < 1.29 is 24.5 Å². The third-order valence-electron chi connectivity index (χ3n) is 7.88. The average Bonchev–Trinajstić information content (AvgIpc) is 3.53. The Bertz CT molecular complexity index is 1230. The Hall–Kier alpha value is -3.10. The Morgan fingerprint density at radius 3 is 2.74 bits per heavy atom. The van der Waals surface area contributed by atoms with Gasteiger partial charge in [0.2, 0.25) is 6.79 Å². The van der Waals surface area contributed by atoms with E-state index in [0.717, 1.165) is 48.1 Å². The van der Waals surface area contributed by atoms with Crippen LogP contribution in [0.25, 0.3) is 5.57 Å². The van der Waals surface area contributed by atoms with E-state index in [4.69, 9.17) is 9.47 Å². The second kappa shape index (κ2) is 8.29. The number of carboxylic acid groups (broad SMARTS) is 1. The highest BCUT2D eigenvalue weighted by atomic mass is 16.7. The van der Waals surface area contributed by atoms with Gasteiger partial charge in [-0.1, -0.05) is 12.1 Å². The average molecular weight is 465 g/mol. The van der Waals surface area contributed by atoms with Crippen molar-refractivity contribution in [1.82, 2.24) is 9.47 Å². The summed E-state index contributed by atoms with van der Waals surface area (Å²) in [5.74, 6) is -0.246. The first kappa shape index (κ1) is 21.4. The van der Waals surface area contributed by atoms with Crippen LogP contribution in [-0.4, -0.2) is 45.1 Å². The smallest absolute Gasteiger partial charge is 0.321 e. The molecule has 0 saturated carbocycles. The molecule has 1 aromatic heterocycles. The quantitative estimate of drug-likeness (QED) is 0.702. The number of nitrogens with zero attached hydrogens (tertiary/aromatic N) is 2. The number of likely N-dealkylation sites (tertiary alicyclic amines) is 1. The molecule has 1 aliphatic carbocycles. The first-order valence-electron chi connectivity index (χ1n) is 12.0. The highest BCUT2D eigenvalue weighted by Crippen LogP contribution is 2.50. The monoisotopic (exact) mass is 464 g/mol. The summed E-state index contributed by atoms with van der Waals surface area (Å²) >= 11 is 0. The van der Waals surface area contributed by atoms with Gasteiger partial charge in [-0.05, 0) is 61.1 Å². The fraction of sp³-hybridized carbons (Fsp3) is 0.462. The number of ether oxygens (including phenoxy) is 2. The number of carbonyl (C=O) groups is 1. The minimum atomic E-state index is -0.952. The fourth-order valence-corrected chi connectivity index (χ4v) is 6.34. The largest absolute Gasteiger partial charge is 0.480 e. The summed E-state index contributed by atoms with van der Waals surface area (Å²) in [5, 5.41) is 20.3. The SMILES string of the molecule is O=C(O)[C@@H]1[C@@H](CO)[C@@H]2Cn3c(ccc(C4=CCCCC4)c3=O)[C@@H]2N1Cc1ccc2c(c1)OCO2. The molecule has 178 valence electrons. The predicted octanol–water partition coefficient (Wildman–Crippen LogP) is 2.78. The van der Waals surface area contributed by atoms with Crippen molar-refractivity contribution in [2.24, 2.45) is 11.8 Å². The summed E-state index contributed by atoms with van der Waals surface area (Å²) < 4.78 is 12.7. The van der Waals surface area contributed by atoms with Crippen LogP contribution in [0.5, 0.6) is 11.5 Å². The van der Waals surface area contributed by atoms with Gasteiger partial charge in [0, 0.05) is 42.8 Å². The molecule has 1 fully saturated rings.